The smallest absolute Gasteiger partial charge is 0.0911 e. The highest BCUT2D eigenvalue weighted by molar-refractivity contribution is 5.78. The molecular weight excluding hydrogens is 194 g/mol. The van der Waals surface area contributed by atoms with Crippen LogP contribution < -0.4 is 0 Å². The molecule has 0 spiro atoms. The van der Waals surface area contributed by atoms with Crippen molar-refractivity contribution in [1.29, 1.82) is 0 Å². The number of allylic oxidation sites excluding steroid dienone is 2. The first-order chi connectivity index (χ1) is 7.16. The van der Waals surface area contributed by atoms with Crippen molar-refractivity contribution in [3.63, 3.8) is 0 Å². The van der Waals surface area contributed by atoms with Gasteiger partial charge in [-0.3, -0.25) is 0 Å². The van der Waals surface area contributed by atoms with Gasteiger partial charge in [0.2, 0.25) is 0 Å². The molecule has 4 nitrogen and oxygen atoms in total. The first-order valence-corrected chi connectivity index (χ1v) is 5.18. The molecule has 86 valence electrons. The monoisotopic (exact) mass is 213 g/mol. The first-order valence-electron chi connectivity index (χ1n) is 5.18. The summed E-state index contributed by atoms with van der Waals surface area (Å²) in [5.74, 6) is 0.323. The van der Waals surface area contributed by atoms with Crippen molar-refractivity contribution < 1.29 is 15.1 Å². The summed E-state index contributed by atoms with van der Waals surface area (Å²) in [7, 11) is 1.63. The Morgan fingerprint density at radius 1 is 1.73 bits per heavy atom. The Bertz CT molecular complexity index is 257. The van der Waals surface area contributed by atoms with E-state index in [1.165, 1.54) is 6.21 Å². The Balaban J connectivity index is 2.63. The second kappa shape index (κ2) is 5.28. The number of hydrogen-bond donors (Lipinski definition) is 2. The molecule has 0 aromatic heterocycles. The number of hydrogen-bond acceptors (Lipinski definition) is 4. The fourth-order valence-electron chi connectivity index (χ4n) is 1.96. The molecule has 1 aliphatic rings. The average Bonchev–Trinajstić information content (AvgIpc) is 2.29. The summed E-state index contributed by atoms with van der Waals surface area (Å²) in [6.45, 7) is 1.96. The summed E-state index contributed by atoms with van der Waals surface area (Å²) < 4.78 is 5.36. The number of methoxy groups -OCH3 is 1. The molecule has 4 heteroatoms. The van der Waals surface area contributed by atoms with Crippen LogP contribution >= 0.6 is 0 Å². The lowest BCUT2D eigenvalue weighted by molar-refractivity contribution is -0.0819. The second-order valence-electron chi connectivity index (χ2n) is 4.17. The van der Waals surface area contributed by atoms with E-state index >= 15 is 0 Å². The van der Waals surface area contributed by atoms with Crippen LogP contribution in [-0.4, -0.2) is 35.8 Å². The van der Waals surface area contributed by atoms with Gasteiger partial charge in [-0.2, -0.15) is 0 Å². The van der Waals surface area contributed by atoms with Crippen molar-refractivity contribution in [1.82, 2.24) is 0 Å². The maximum Gasteiger partial charge on any atom is 0.0911 e. The molecule has 0 aromatic rings. The third-order valence-electron chi connectivity index (χ3n) is 3.31. The van der Waals surface area contributed by atoms with E-state index in [1.807, 2.05) is 13.0 Å². The molecule has 15 heavy (non-hydrogen) atoms. The van der Waals surface area contributed by atoms with Gasteiger partial charge in [0, 0.05) is 7.11 Å². The van der Waals surface area contributed by atoms with Crippen molar-refractivity contribution in [2.45, 2.75) is 31.8 Å². The van der Waals surface area contributed by atoms with Crippen molar-refractivity contribution in [2.75, 3.05) is 13.7 Å². The molecule has 0 saturated heterocycles. The Hall–Kier alpha value is -0.870. The van der Waals surface area contributed by atoms with E-state index < -0.39 is 5.60 Å². The normalized spacial score (nSPS) is 26.3. The molecule has 0 radical (unpaired) electrons. The van der Waals surface area contributed by atoms with Crippen LogP contribution in [0.1, 0.15) is 26.2 Å². The molecule has 2 N–H and O–H groups in total. The summed E-state index contributed by atoms with van der Waals surface area (Å²) in [6.07, 6.45) is 6.18. The molecule has 0 saturated carbocycles. The van der Waals surface area contributed by atoms with E-state index in [0.29, 0.717) is 5.92 Å². The van der Waals surface area contributed by atoms with Gasteiger partial charge in [-0.05, 0) is 37.7 Å². The minimum absolute atomic E-state index is 0.0332. The van der Waals surface area contributed by atoms with E-state index in [-0.39, 0.29) is 6.61 Å². The van der Waals surface area contributed by atoms with Crippen LogP contribution in [-0.2, 0) is 4.74 Å². The van der Waals surface area contributed by atoms with Gasteiger partial charge in [0.15, 0.2) is 0 Å². The molecule has 0 aromatic carbocycles. The van der Waals surface area contributed by atoms with Crippen molar-refractivity contribution in [2.24, 2.45) is 11.1 Å². The van der Waals surface area contributed by atoms with E-state index in [1.54, 1.807) is 7.11 Å². The van der Waals surface area contributed by atoms with Gasteiger partial charge in [-0.15, -0.1) is 0 Å². The third kappa shape index (κ3) is 2.79. The van der Waals surface area contributed by atoms with Crippen LogP contribution in [0.15, 0.2) is 16.8 Å². The minimum atomic E-state index is -0.460. The van der Waals surface area contributed by atoms with Crippen LogP contribution in [0.4, 0.5) is 0 Å². The van der Waals surface area contributed by atoms with Gasteiger partial charge in [-0.1, -0.05) is 11.2 Å². The Labute approximate surface area is 90.2 Å². The highest BCUT2D eigenvalue weighted by atomic mass is 16.5. The van der Waals surface area contributed by atoms with Gasteiger partial charge in [0.05, 0.1) is 18.4 Å². The van der Waals surface area contributed by atoms with Crippen LogP contribution in [0.2, 0.25) is 0 Å². The molecule has 0 bridgehead atoms. The summed E-state index contributed by atoms with van der Waals surface area (Å²) in [5.41, 5.74) is 0.586. The predicted octanol–water partition coefficient (Wildman–Crippen LogP) is 1.57. The average molecular weight is 213 g/mol. The fraction of sp³-hybridized carbons (Fsp3) is 0.727. The number of aliphatic hydroxyl groups is 1. The number of ether oxygens (including phenoxy) is 1. The highest BCUT2D eigenvalue weighted by Crippen LogP contribution is 2.33. The summed E-state index contributed by atoms with van der Waals surface area (Å²) >= 11 is 0. The minimum Gasteiger partial charge on any atom is -0.411 e. The molecule has 0 aliphatic heterocycles. The lowest BCUT2D eigenvalue weighted by Gasteiger charge is -2.36. The van der Waals surface area contributed by atoms with E-state index in [0.717, 1.165) is 24.8 Å². The fourth-order valence-corrected chi connectivity index (χ4v) is 1.96. The lowest BCUT2D eigenvalue weighted by atomic mass is 9.79. The number of oxime groups is 1. The molecule has 0 fully saturated rings. The molecular formula is C11H19NO3. The second-order valence-corrected chi connectivity index (χ2v) is 4.17. The highest BCUT2D eigenvalue weighted by Gasteiger charge is 2.34. The van der Waals surface area contributed by atoms with Crippen LogP contribution in [0.3, 0.4) is 0 Å². The quantitative estimate of drug-likeness (QED) is 0.423. The molecule has 0 heterocycles. The summed E-state index contributed by atoms with van der Waals surface area (Å²) in [6, 6.07) is 0. The number of nitrogens with zero attached hydrogens (tertiary/aromatic N) is 1. The van der Waals surface area contributed by atoms with E-state index in [9.17, 15) is 5.11 Å². The Morgan fingerprint density at radius 2 is 2.47 bits per heavy atom. The largest absolute Gasteiger partial charge is 0.411 e. The van der Waals surface area contributed by atoms with Gasteiger partial charge in [0.1, 0.15) is 0 Å². The Morgan fingerprint density at radius 3 is 2.87 bits per heavy atom. The zero-order valence-corrected chi connectivity index (χ0v) is 9.31. The standard InChI is InChI=1S/C11H19NO3/c1-11(8-13,15-2)10-5-3-9(4-6-10)7-12-14/h3,7,10,13-14H,4-6,8H2,1-2H3/b12-7+. The predicted molar refractivity (Wildman–Crippen MR) is 58.2 cm³/mol. The van der Waals surface area contributed by atoms with Crippen LogP contribution in [0, 0.1) is 5.92 Å². The zero-order chi connectivity index (χ0) is 11.3. The summed E-state index contributed by atoms with van der Waals surface area (Å²) in [4.78, 5) is 0. The van der Waals surface area contributed by atoms with Gasteiger partial charge in [-0.25, -0.2) is 0 Å². The van der Waals surface area contributed by atoms with Crippen molar-refractivity contribution in [3.8, 4) is 0 Å². The van der Waals surface area contributed by atoms with Crippen LogP contribution in [0.5, 0.6) is 0 Å². The van der Waals surface area contributed by atoms with E-state index in [2.05, 4.69) is 5.16 Å². The number of rotatable bonds is 4. The topological polar surface area (TPSA) is 62.0 Å². The molecule has 1 rings (SSSR count). The van der Waals surface area contributed by atoms with Gasteiger partial charge in [0.25, 0.3) is 0 Å². The first kappa shape index (κ1) is 12.2. The SMILES string of the molecule is COC(C)(CO)C1CC=C(/C=N/O)CC1. The Kier molecular flexibility index (Phi) is 4.29. The molecule has 1 aliphatic carbocycles. The van der Waals surface area contributed by atoms with Crippen LogP contribution in [0.25, 0.3) is 0 Å². The van der Waals surface area contributed by atoms with E-state index in [4.69, 9.17) is 9.94 Å². The number of aliphatic hydroxyl groups excluding tert-OH is 1. The zero-order valence-electron chi connectivity index (χ0n) is 9.31. The molecule has 0 amide bonds. The molecule has 2 atom stereocenters. The molecule has 2 unspecified atom stereocenters. The van der Waals surface area contributed by atoms with Crippen molar-refractivity contribution in [3.05, 3.63) is 11.6 Å². The van der Waals surface area contributed by atoms with Crippen molar-refractivity contribution >= 4 is 6.21 Å². The third-order valence-corrected chi connectivity index (χ3v) is 3.31. The lowest BCUT2D eigenvalue weighted by Crippen LogP contribution is -2.41. The van der Waals surface area contributed by atoms with Gasteiger partial charge < -0.3 is 15.1 Å². The maximum atomic E-state index is 9.29. The van der Waals surface area contributed by atoms with Gasteiger partial charge >= 0.3 is 0 Å². The maximum absolute atomic E-state index is 9.29. The summed E-state index contributed by atoms with van der Waals surface area (Å²) in [5, 5.41) is 20.7.